The smallest absolute Gasteiger partial charge is 0.405 e. The molecule has 356 valence electrons. The number of nitrogens with two attached hydrogens (primary N) is 1. The molecule has 0 bridgehead atoms. The van der Waals surface area contributed by atoms with Gasteiger partial charge in [0, 0.05) is 44.4 Å². The predicted octanol–water partition coefficient (Wildman–Crippen LogP) is 4.32. The van der Waals surface area contributed by atoms with Crippen molar-refractivity contribution in [3.8, 4) is 17.1 Å². The Balaban J connectivity index is 0.757. The summed E-state index contributed by atoms with van der Waals surface area (Å²) >= 11 is 0. The van der Waals surface area contributed by atoms with Crippen molar-refractivity contribution in [3.05, 3.63) is 107 Å². The number of hydrogen-bond donors (Lipinski definition) is 4. The number of hydrogen-bond acceptors (Lipinski definition) is 14. The van der Waals surface area contributed by atoms with Gasteiger partial charge in [0.2, 0.25) is 17.7 Å². The Bertz CT molecular complexity index is 2700. The van der Waals surface area contributed by atoms with Crippen LogP contribution < -0.4 is 21.7 Å². The lowest BCUT2D eigenvalue weighted by Gasteiger charge is -2.32. The minimum absolute atomic E-state index is 0.0267. The third-order valence-electron chi connectivity index (χ3n) is 11.7. The number of anilines is 2. The summed E-state index contributed by atoms with van der Waals surface area (Å²) in [4.78, 5) is 87.3. The minimum Gasteiger partial charge on any atom is -0.444 e. The van der Waals surface area contributed by atoms with Gasteiger partial charge in [0.1, 0.15) is 24.7 Å². The topological polar surface area (TPSA) is 246 Å². The maximum Gasteiger partial charge on any atom is 0.405 e. The van der Waals surface area contributed by atoms with E-state index in [0.29, 0.717) is 43.9 Å². The Labute approximate surface area is 386 Å². The number of carbonyl (C=O) groups excluding carboxylic acids is 6. The average molecular weight is 941 g/mol. The summed E-state index contributed by atoms with van der Waals surface area (Å²) in [5, 5.41) is 11.3. The highest BCUT2D eigenvalue weighted by Gasteiger charge is 2.45. The molecule has 5 aromatic rings. The van der Waals surface area contributed by atoms with Crippen molar-refractivity contribution in [2.75, 3.05) is 56.6 Å². The van der Waals surface area contributed by atoms with Gasteiger partial charge in [-0.3, -0.25) is 43.9 Å². The van der Waals surface area contributed by atoms with Gasteiger partial charge in [-0.1, -0.05) is 24.3 Å². The van der Waals surface area contributed by atoms with Crippen LogP contribution in [0.15, 0.2) is 77.7 Å². The number of aromatic nitrogens is 4. The lowest BCUT2D eigenvalue weighted by molar-refractivity contribution is -0.136. The number of amides is 6. The second kappa shape index (κ2) is 20.7. The fraction of sp³-hybridized carbons (Fsp3) is 0.370. The zero-order valence-corrected chi connectivity index (χ0v) is 36.6. The molecule has 2 aromatic carbocycles. The number of halogens is 3. The zero-order chi connectivity index (χ0) is 48.0. The molecule has 3 aromatic heterocycles. The molecular weight excluding hydrogens is 894 g/mol. The summed E-state index contributed by atoms with van der Waals surface area (Å²) < 4.78 is 56.8. The first-order chi connectivity index (χ1) is 32.7. The number of piperidine rings is 1. The molecule has 0 aliphatic carbocycles. The van der Waals surface area contributed by atoms with E-state index in [1.807, 2.05) is 30.3 Å². The van der Waals surface area contributed by atoms with Gasteiger partial charge in [0.05, 0.1) is 48.0 Å². The van der Waals surface area contributed by atoms with Gasteiger partial charge >= 0.3 is 6.18 Å². The van der Waals surface area contributed by atoms with E-state index in [1.54, 1.807) is 12.1 Å². The molecule has 2 unspecified atom stereocenters. The summed E-state index contributed by atoms with van der Waals surface area (Å²) in [6.07, 6.45) is 3.22. The number of ether oxygens (including phenoxy) is 2. The number of pyridine rings is 1. The Morgan fingerprint density at radius 2 is 1.82 bits per heavy atom. The number of rotatable bonds is 19. The number of primary amides is 1. The number of imide groups is 2. The van der Waals surface area contributed by atoms with Crippen molar-refractivity contribution in [3.63, 3.8) is 0 Å². The molecular formula is C46H47F3N10O9. The number of oxazole rings is 1. The van der Waals surface area contributed by atoms with Crippen LogP contribution in [0.1, 0.15) is 84.9 Å². The number of nitrogens with one attached hydrogen (secondary N) is 3. The van der Waals surface area contributed by atoms with Gasteiger partial charge in [-0.15, -0.1) is 0 Å². The molecule has 3 aliphatic rings. The molecule has 0 spiro atoms. The standard InChI is InChI=1S/C46H47F3N10O9/c47-46(48,49)26-52-36-22-29(15-16-51-36)43-54-34(25-68-43)41(62)53-33-24-58(56-39(33)40(50)61)30-11-9-27(10-12-30)4-1-7-31-23-57(18-21-67-31)17-20-66-19-3-6-28-5-2-8-32-38(28)45(65)59(44(32)64)35-13-14-37(60)55-42(35)63/h2,5,8-12,15-16,22,24-25,31,35H,1,3-4,6-7,13-14,17-21,23,26H2,(H2,50,61)(H,51,52)(H,53,62)(H,55,60,63). The Morgan fingerprint density at radius 1 is 1.00 bits per heavy atom. The fourth-order valence-electron chi connectivity index (χ4n) is 8.29. The van der Waals surface area contributed by atoms with Crippen LogP contribution >= 0.6 is 0 Å². The van der Waals surface area contributed by atoms with E-state index in [-0.39, 0.29) is 58.9 Å². The average Bonchev–Trinajstić information content (AvgIpc) is 4.05. The maximum atomic E-state index is 13.4. The molecule has 2 atom stereocenters. The highest BCUT2D eigenvalue weighted by molar-refractivity contribution is 6.24. The SMILES string of the molecule is NC(=O)c1nn(-c2ccc(CCCC3CN(CCOCCCc4cccc5c4C(=O)N(C4CCC(=O)NC4=O)C5=O)CCO3)cc2)cc1NC(=O)c1coc(-c2ccnc(NCC(F)(F)F)c2)n1. The summed E-state index contributed by atoms with van der Waals surface area (Å²) in [5.74, 6) is -3.83. The van der Waals surface area contributed by atoms with Crippen molar-refractivity contribution in [2.45, 2.75) is 63.3 Å². The molecule has 6 heterocycles. The van der Waals surface area contributed by atoms with Crippen molar-refractivity contribution in [1.29, 1.82) is 0 Å². The van der Waals surface area contributed by atoms with Crippen LogP contribution in [0.5, 0.6) is 0 Å². The molecule has 2 fully saturated rings. The van der Waals surface area contributed by atoms with Crippen LogP contribution in [0.4, 0.5) is 24.7 Å². The lowest BCUT2D eigenvalue weighted by Crippen LogP contribution is -2.54. The van der Waals surface area contributed by atoms with Crippen LogP contribution in [-0.2, 0) is 31.9 Å². The molecule has 3 aliphatic heterocycles. The van der Waals surface area contributed by atoms with Crippen molar-refractivity contribution < 1.29 is 55.8 Å². The molecule has 0 saturated carbocycles. The first kappa shape index (κ1) is 47.2. The van der Waals surface area contributed by atoms with Crippen LogP contribution in [0, 0.1) is 0 Å². The number of fused-ring (bicyclic) bond motifs is 1. The molecule has 5 N–H and O–H groups in total. The van der Waals surface area contributed by atoms with Crippen LogP contribution in [-0.4, -0.2) is 129 Å². The summed E-state index contributed by atoms with van der Waals surface area (Å²) in [6.45, 7) is 2.60. The van der Waals surface area contributed by atoms with E-state index in [2.05, 4.69) is 35.9 Å². The Kier molecular flexibility index (Phi) is 14.4. The van der Waals surface area contributed by atoms with Gasteiger partial charge in [-0.25, -0.2) is 14.6 Å². The van der Waals surface area contributed by atoms with Gasteiger partial charge < -0.3 is 30.3 Å². The Morgan fingerprint density at radius 3 is 2.60 bits per heavy atom. The van der Waals surface area contributed by atoms with Crippen molar-refractivity contribution >= 4 is 46.9 Å². The van der Waals surface area contributed by atoms with E-state index < -0.39 is 54.2 Å². The summed E-state index contributed by atoms with van der Waals surface area (Å²) in [7, 11) is 0. The van der Waals surface area contributed by atoms with Gasteiger partial charge in [0.25, 0.3) is 23.6 Å². The third-order valence-corrected chi connectivity index (χ3v) is 11.7. The zero-order valence-electron chi connectivity index (χ0n) is 36.6. The minimum atomic E-state index is -4.45. The number of nitrogens with zero attached hydrogens (tertiary/aromatic N) is 6. The van der Waals surface area contributed by atoms with Crippen molar-refractivity contribution in [1.82, 2.24) is 34.9 Å². The number of aryl methyl sites for hydroxylation is 2. The van der Waals surface area contributed by atoms with E-state index >= 15 is 0 Å². The van der Waals surface area contributed by atoms with Gasteiger partial charge in [0.15, 0.2) is 11.4 Å². The Hall–Kier alpha value is -7.30. The van der Waals surface area contributed by atoms with Crippen LogP contribution in [0.2, 0.25) is 0 Å². The number of carbonyl (C=O) groups is 6. The van der Waals surface area contributed by atoms with Crippen LogP contribution in [0.3, 0.4) is 0 Å². The maximum absolute atomic E-state index is 13.4. The second-order valence-electron chi connectivity index (χ2n) is 16.4. The molecule has 6 amide bonds. The number of morpholine rings is 1. The van der Waals surface area contributed by atoms with Gasteiger partial charge in [-0.05, 0) is 80.0 Å². The largest absolute Gasteiger partial charge is 0.444 e. The fourth-order valence-corrected chi connectivity index (χ4v) is 8.29. The molecule has 8 rings (SSSR count). The second-order valence-corrected chi connectivity index (χ2v) is 16.4. The van der Waals surface area contributed by atoms with Gasteiger partial charge in [-0.2, -0.15) is 18.3 Å². The predicted molar refractivity (Wildman–Crippen MR) is 236 cm³/mol. The summed E-state index contributed by atoms with van der Waals surface area (Å²) in [6, 6.07) is 14.4. The van der Waals surface area contributed by atoms with E-state index in [4.69, 9.17) is 19.6 Å². The number of benzene rings is 2. The van der Waals surface area contributed by atoms with E-state index in [0.717, 1.165) is 61.2 Å². The molecule has 22 heteroatoms. The molecule has 68 heavy (non-hydrogen) atoms. The quantitative estimate of drug-likeness (QED) is 0.0666. The molecule has 2 saturated heterocycles. The molecule has 0 radical (unpaired) electrons. The third kappa shape index (κ3) is 11.3. The first-order valence-electron chi connectivity index (χ1n) is 22.0. The first-order valence-corrected chi connectivity index (χ1v) is 22.0. The highest BCUT2D eigenvalue weighted by atomic mass is 19.4. The van der Waals surface area contributed by atoms with E-state index in [1.165, 1.54) is 29.2 Å². The van der Waals surface area contributed by atoms with E-state index in [9.17, 15) is 41.9 Å². The normalized spacial score (nSPS) is 17.6. The monoisotopic (exact) mass is 940 g/mol. The van der Waals surface area contributed by atoms with Crippen molar-refractivity contribution in [2.24, 2.45) is 5.73 Å². The highest BCUT2D eigenvalue weighted by Crippen LogP contribution is 2.31. The lowest BCUT2D eigenvalue weighted by atomic mass is 9.99. The number of alkyl halides is 3. The molecule has 19 nitrogen and oxygen atoms in total. The summed E-state index contributed by atoms with van der Waals surface area (Å²) in [5.41, 5.74) is 8.50. The van der Waals surface area contributed by atoms with Crippen LogP contribution in [0.25, 0.3) is 17.1 Å².